The highest BCUT2D eigenvalue weighted by molar-refractivity contribution is 5.92. The largest absolute Gasteiger partial charge is 0.346 e. The van der Waals surface area contributed by atoms with E-state index in [4.69, 9.17) is 0 Å². The summed E-state index contributed by atoms with van der Waals surface area (Å²) in [6, 6.07) is 9.93. The summed E-state index contributed by atoms with van der Waals surface area (Å²) in [7, 11) is 0. The van der Waals surface area contributed by atoms with Gasteiger partial charge in [0.2, 0.25) is 0 Å². The summed E-state index contributed by atoms with van der Waals surface area (Å²) < 4.78 is 0. The molecular formula is C16H21N5O. The number of nitrogens with one attached hydrogen (secondary N) is 2. The van der Waals surface area contributed by atoms with Gasteiger partial charge < -0.3 is 10.6 Å². The first kappa shape index (κ1) is 14.7. The van der Waals surface area contributed by atoms with E-state index < -0.39 is 0 Å². The third-order valence-corrected chi connectivity index (χ3v) is 4.23. The quantitative estimate of drug-likeness (QED) is 0.898. The van der Waals surface area contributed by atoms with Gasteiger partial charge in [0.25, 0.3) is 5.91 Å². The Morgan fingerprint density at radius 3 is 2.82 bits per heavy atom. The van der Waals surface area contributed by atoms with Gasteiger partial charge in [-0.25, -0.2) is 0 Å². The van der Waals surface area contributed by atoms with Crippen molar-refractivity contribution in [3.63, 3.8) is 0 Å². The van der Waals surface area contributed by atoms with E-state index >= 15 is 0 Å². The molecule has 1 saturated heterocycles. The van der Waals surface area contributed by atoms with Crippen molar-refractivity contribution in [1.82, 2.24) is 25.6 Å². The van der Waals surface area contributed by atoms with Crippen molar-refractivity contribution in [2.45, 2.75) is 32.4 Å². The lowest BCUT2D eigenvalue weighted by Gasteiger charge is -2.35. The lowest BCUT2D eigenvalue weighted by Crippen LogP contribution is -2.55. The number of benzene rings is 1. The van der Waals surface area contributed by atoms with Gasteiger partial charge in [-0.15, -0.1) is 5.10 Å². The zero-order valence-electron chi connectivity index (χ0n) is 12.9. The summed E-state index contributed by atoms with van der Waals surface area (Å²) >= 11 is 0. The second-order valence-corrected chi connectivity index (χ2v) is 5.86. The van der Waals surface area contributed by atoms with Crippen LogP contribution >= 0.6 is 0 Å². The summed E-state index contributed by atoms with van der Waals surface area (Å²) in [5.41, 5.74) is 1.18. The highest BCUT2D eigenvalue weighted by Gasteiger charge is 2.29. The Hall–Kier alpha value is -2.21. The molecule has 3 unspecified atom stereocenters. The van der Waals surface area contributed by atoms with Crippen LogP contribution in [0, 0.1) is 5.92 Å². The maximum atomic E-state index is 12.4. The van der Waals surface area contributed by atoms with Crippen LogP contribution in [0.3, 0.4) is 0 Å². The minimum absolute atomic E-state index is 0.114. The Balaban J connectivity index is 1.72. The SMILES string of the molecule is CC1CCNC(C)C1NC(=O)c1cnn(-c2ccccc2)n1. The fourth-order valence-electron chi connectivity index (χ4n) is 2.88. The van der Waals surface area contributed by atoms with Crippen LogP contribution in [0.5, 0.6) is 0 Å². The molecule has 3 rings (SSSR count). The van der Waals surface area contributed by atoms with Crippen LogP contribution in [0.1, 0.15) is 30.8 Å². The Morgan fingerprint density at radius 2 is 2.09 bits per heavy atom. The number of aromatic nitrogens is 3. The van der Waals surface area contributed by atoms with Gasteiger partial charge in [-0.3, -0.25) is 4.79 Å². The maximum Gasteiger partial charge on any atom is 0.273 e. The van der Waals surface area contributed by atoms with Crippen LogP contribution in [0.2, 0.25) is 0 Å². The lowest BCUT2D eigenvalue weighted by atomic mass is 9.89. The molecule has 2 N–H and O–H groups in total. The van der Waals surface area contributed by atoms with Gasteiger partial charge >= 0.3 is 0 Å². The molecule has 0 radical (unpaired) electrons. The standard InChI is InChI=1S/C16H21N5O/c1-11-8-9-17-12(2)15(11)19-16(22)14-10-18-21(20-14)13-6-4-3-5-7-13/h3-7,10-12,15,17H,8-9H2,1-2H3,(H,19,22). The van der Waals surface area contributed by atoms with Gasteiger partial charge in [-0.1, -0.05) is 25.1 Å². The minimum atomic E-state index is -0.172. The molecular weight excluding hydrogens is 278 g/mol. The normalized spacial score (nSPS) is 24.9. The number of carbonyl (C=O) groups excluding carboxylic acids is 1. The average Bonchev–Trinajstić information content (AvgIpc) is 3.02. The van der Waals surface area contributed by atoms with E-state index in [2.05, 4.69) is 34.7 Å². The highest BCUT2D eigenvalue weighted by atomic mass is 16.2. The molecule has 22 heavy (non-hydrogen) atoms. The van der Waals surface area contributed by atoms with Gasteiger partial charge in [-0.05, 0) is 37.9 Å². The van der Waals surface area contributed by atoms with Crippen molar-refractivity contribution in [2.75, 3.05) is 6.54 Å². The van der Waals surface area contributed by atoms with Crippen molar-refractivity contribution in [3.05, 3.63) is 42.2 Å². The Kier molecular flexibility index (Phi) is 4.20. The van der Waals surface area contributed by atoms with Crippen LogP contribution in [0.15, 0.2) is 36.5 Å². The summed E-state index contributed by atoms with van der Waals surface area (Å²) in [5, 5.41) is 14.9. The first-order chi connectivity index (χ1) is 10.6. The van der Waals surface area contributed by atoms with Crippen molar-refractivity contribution in [3.8, 4) is 5.69 Å². The van der Waals surface area contributed by atoms with Gasteiger partial charge in [-0.2, -0.15) is 9.90 Å². The van der Waals surface area contributed by atoms with Crippen LogP contribution in [-0.4, -0.2) is 39.5 Å². The number of carbonyl (C=O) groups is 1. The molecule has 3 atom stereocenters. The molecule has 1 amide bonds. The second-order valence-electron chi connectivity index (χ2n) is 5.86. The highest BCUT2D eigenvalue weighted by Crippen LogP contribution is 2.16. The molecule has 2 heterocycles. The number of piperidine rings is 1. The summed E-state index contributed by atoms with van der Waals surface area (Å²) in [6.07, 6.45) is 2.57. The smallest absolute Gasteiger partial charge is 0.273 e. The molecule has 1 aromatic heterocycles. The van der Waals surface area contributed by atoms with E-state index in [-0.39, 0.29) is 18.0 Å². The van der Waals surface area contributed by atoms with Crippen molar-refractivity contribution in [2.24, 2.45) is 5.92 Å². The zero-order chi connectivity index (χ0) is 15.5. The third kappa shape index (κ3) is 3.01. The first-order valence-corrected chi connectivity index (χ1v) is 7.67. The fraction of sp³-hybridized carbons (Fsp3) is 0.438. The Labute approximate surface area is 129 Å². The van der Waals surface area contributed by atoms with E-state index in [1.54, 1.807) is 0 Å². The van der Waals surface area contributed by atoms with Crippen molar-refractivity contribution in [1.29, 1.82) is 0 Å². The molecule has 1 aromatic carbocycles. The number of para-hydroxylation sites is 1. The molecule has 6 heteroatoms. The third-order valence-electron chi connectivity index (χ3n) is 4.23. The molecule has 0 saturated carbocycles. The van der Waals surface area contributed by atoms with Crippen molar-refractivity contribution < 1.29 is 4.79 Å². The van der Waals surface area contributed by atoms with Gasteiger partial charge in [0.15, 0.2) is 5.69 Å². The summed E-state index contributed by atoms with van der Waals surface area (Å²) in [4.78, 5) is 13.9. The predicted octanol–water partition coefficient (Wildman–Crippen LogP) is 1.38. The van der Waals surface area contributed by atoms with Gasteiger partial charge in [0.1, 0.15) is 0 Å². The summed E-state index contributed by atoms with van der Waals surface area (Å²) in [5.74, 6) is 0.277. The van der Waals surface area contributed by atoms with Crippen LogP contribution < -0.4 is 10.6 Å². The van der Waals surface area contributed by atoms with Crippen LogP contribution in [0.25, 0.3) is 5.69 Å². The number of rotatable bonds is 3. The zero-order valence-corrected chi connectivity index (χ0v) is 12.9. The maximum absolute atomic E-state index is 12.4. The first-order valence-electron chi connectivity index (χ1n) is 7.67. The van der Waals surface area contributed by atoms with E-state index in [9.17, 15) is 4.79 Å². The Morgan fingerprint density at radius 1 is 1.32 bits per heavy atom. The molecule has 116 valence electrons. The van der Waals surface area contributed by atoms with E-state index in [1.807, 2.05) is 30.3 Å². The molecule has 1 aliphatic heterocycles. The molecule has 1 aliphatic rings. The molecule has 6 nitrogen and oxygen atoms in total. The second kappa shape index (κ2) is 6.27. The van der Waals surface area contributed by atoms with Gasteiger partial charge in [0, 0.05) is 12.1 Å². The molecule has 2 aromatic rings. The topological polar surface area (TPSA) is 71.8 Å². The lowest BCUT2D eigenvalue weighted by molar-refractivity contribution is 0.0892. The average molecular weight is 299 g/mol. The Bertz CT molecular complexity index is 629. The minimum Gasteiger partial charge on any atom is -0.346 e. The van der Waals surface area contributed by atoms with E-state index in [0.717, 1.165) is 18.7 Å². The number of hydrogen-bond acceptors (Lipinski definition) is 4. The van der Waals surface area contributed by atoms with Crippen LogP contribution in [-0.2, 0) is 0 Å². The van der Waals surface area contributed by atoms with E-state index in [1.165, 1.54) is 11.0 Å². The van der Waals surface area contributed by atoms with Crippen molar-refractivity contribution >= 4 is 5.91 Å². The summed E-state index contributed by atoms with van der Waals surface area (Å²) in [6.45, 7) is 5.27. The van der Waals surface area contributed by atoms with Crippen LogP contribution in [0.4, 0.5) is 0 Å². The fourth-order valence-corrected chi connectivity index (χ4v) is 2.88. The van der Waals surface area contributed by atoms with E-state index in [0.29, 0.717) is 11.6 Å². The number of amides is 1. The molecule has 1 fully saturated rings. The molecule has 0 bridgehead atoms. The monoisotopic (exact) mass is 299 g/mol. The predicted molar refractivity (Wildman–Crippen MR) is 83.9 cm³/mol. The number of hydrogen-bond donors (Lipinski definition) is 2. The number of nitrogens with zero attached hydrogens (tertiary/aromatic N) is 3. The van der Waals surface area contributed by atoms with Gasteiger partial charge in [0.05, 0.1) is 11.9 Å². The molecule has 0 spiro atoms. The molecule has 0 aliphatic carbocycles.